The average Bonchev–Trinajstić information content (AvgIpc) is 2.53. The van der Waals surface area contributed by atoms with Gasteiger partial charge in [0.15, 0.2) is 0 Å². The summed E-state index contributed by atoms with van der Waals surface area (Å²) in [7, 11) is 0. The Bertz CT molecular complexity index is 738. The van der Waals surface area contributed by atoms with Gasteiger partial charge >= 0.3 is 0 Å². The third kappa shape index (κ3) is 2.67. The standard InChI is InChI=1S/C19H18ClNO/c1-3-19(22)21-11-14-10-15(20)8-9-17(14)18(12-21)16-7-5-4-6-13(16)2/h3-10,18H,1,11-12H2,2H3/t18-/m0/s1. The first kappa shape index (κ1) is 14.9. The van der Waals surface area contributed by atoms with E-state index >= 15 is 0 Å². The van der Waals surface area contributed by atoms with Gasteiger partial charge in [0.2, 0.25) is 5.91 Å². The van der Waals surface area contributed by atoms with Gasteiger partial charge in [-0.05, 0) is 47.4 Å². The van der Waals surface area contributed by atoms with Crippen LogP contribution in [0.25, 0.3) is 0 Å². The van der Waals surface area contributed by atoms with Crippen molar-refractivity contribution in [2.75, 3.05) is 6.54 Å². The Hall–Kier alpha value is -2.06. The summed E-state index contributed by atoms with van der Waals surface area (Å²) in [5, 5.41) is 0.704. The number of carbonyl (C=O) groups is 1. The zero-order valence-electron chi connectivity index (χ0n) is 12.6. The van der Waals surface area contributed by atoms with Crippen LogP contribution < -0.4 is 0 Å². The van der Waals surface area contributed by atoms with Gasteiger partial charge in [-0.15, -0.1) is 0 Å². The topological polar surface area (TPSA) is 20.3 Å². The molecule has 0 saturated heterocycles. The molecule has 3 rings (SSSR count). The van der Waals surface area contributed by atoms with E-state index < -0.39 is 0 Å². The largest absolute Gasteiger partial charge is 0.334 e. The predicted octanol–water partition coefficient (Wildman–Crippen LogP) is 4.31. The summed E-state index contributed by atoms with van der Waals surface area (Å²) in [4.78, 5) is 13.9. The van der Waals surface area contributed by atoms with Crippen LogP contribution in [0.5, 0.6) is 0 Å². The van der Waals surface area contributed by atoms with Crippen LogP contribution in [0.4, 0.5) is 0 Å². The maximum Gasteiger partial charge on any atom is 0.246 e. The fourth-order valence-corrected chi connectivity index (χ4v) is 3.38. The summed E-state index contributed by atoms with van der Waals surface area (Å²) >= 11 is 6.14. The van der Waals surface area contributed by atoms with Gasteiger partial charge in [0, 0.05) is 24.0 Å². The van der Waals surface area contributed by atoms with Crippen LogP contribution >= 0.6 is 11.6 Å². The highest BCUT2D eigenvalue weighted by Crippen LogP contribution is 2.36. The van der Waals surface area contributed by atoms with Gasteiger partial charge in [0.1, 0.15) is 0 Å². The van der Waals surface area contributed by atoms with Crippen molar-refractivity contribution in [3.05, 3.63) is 82.4 Å². The van der Waals surface area contributed by atoms with Crippen molar-refractivity contribution in [2.24, 2.45) is 0 Å². The molecule has 0 spiro atoms. The average molecular weight is 312 g/mol. The second-order valence-corrected chi connectivity index (χ2v) is 6.11. The molecular weight excluding hydrogens is 294 g/mol. The minimum atomic E-state index is -0.0378. The molecule has 0 N–H and O–H groups in total. The van der Waals surface area contributed by atoms with Gasteiger partial charge < -0.3 is 4.90 Å². The van der Waals surface area contributed by atoms with Crippen LogP contribution in [0, 0.1) is 6.92 Å². The molecule has 0 bridgehead atoms. The smallest absolute Gasteiger partial charge is 0.246 e. The molecule has 1 aliphatic rings. The lowest BCUT2D eigenvalue weighted by atomic mass is 9.83. The van der Waals surface area contributed by atoms with E-state index in [-0.39, 0.29) is 11.8 Å². The first-order valence-corrected chi connectivity index (χ1v) is 7.73. The minimum absolute atomic E-state index is 0.0378. The van der Waals surface area contributed by atoms with E-state index in [0.29, 0.717) is 18.1 Å². The zero-order valence-corrected chi connectivity index (χ0v) is 13.3. The summed E-state index contributed by atoms with van der Waals surface area (Å²) in [6.07, 6.45) is 1.38. The van der Waals surface area contributed by atoms with E-state index in [4.69, 9.17) is 11.6 Å². The van der Waals surface area contributed by atoms with E-state index in [0.717, 1.165) is 5.56 Å². The molecule has 1 heterocycles. The number of hydrogen-bond acceptors (Lipinski definition) is 1. The molecule has 0 radical (unpaired) electrons. The van der Waals surface area contributed by atoms with Crippen LogP contribution in [0.1, 0.15) is 28.2 Å². The molecular formula is C19H18ClNO. The lowest BCUT2D eigenvalue weighted by molar-refractivity contribution is -0.127. The van der Waals surface area contributed by atoms with Crippen LogP contribution in [0.3, 0.4) is 0 Å². The molecule has 1 amide bonds. The SMILES string of the molecule is C=CC(=O)N1Cc2cc(Cl)ccc2[C@H](c2ccccc2C)C1. The highest BCUT2D eigenvalue weighted by Gasteiger charge is 2.29. The van der Waals surface area contributed by atoms with Crippen LogP contribution in [-0.2, 0) is 11.3 Å². The lowest BCUT2D eigenvalue weighted by Gasteiger charge is -2.35. The Labute approximate surface area is 136 Å². The number of rotatable bonds is 2. The molecule has 112 valence electrons. The maximum atomic E-state index is 12.1. The van der Waals surface area contributed by atoms with Crippen LogP contribution in [0.2, 0.25) is 5.02 Å². The van der Waals surface area contributed by atoms with E-state index in [2.05, 4.69) is 31.7 Å². The molecule has 0 saturated carbocycles. The Morgan fingerprint density at radius 1 is 1.27 bits per heavy atom. The van der Waals surface area contributed by atoms with E-state index in [1.54, 1.807) is 0 Å². The number of amides is 1. The molecule has 0 aliphatic carbocycles. The molecule has 3 heteroatoms. The van der Waals surface area contributed by atoms with E-state index in [1.807, 2.05) is 29.2 Å². The summed E-state index contributed by atoms with van der Waals surface area (Å²) in [6.45, 7) is 6.98. The summed E-state index contributed by atoms with van der Waals surface area (Å²) in [5.74, 6) is 0.135. The number of carbonyl (C=O) groups excluding carboxylic acids is 1. The summed E-state index contributed by atoms with van der Waals surface area (Å²) in [5.41, 5.74) is 4.86. The van der Waals surface area contributed by atoms with Gasteiger partial charge in [0.05, 0.1) is 0 Å². The lowest BCUT2D eigenvalue weighted by Crippen LogP contribution is -2.37. The number of hydrogen-bond donors (Lipinski definition) is 0. The highest BCUT2D eigenvalue weighted by molar-refractivity contribution is 6.30. The quantitative estimate of drug-likeness (QED) is 0.757. The predicted molar refractivity (Wildman–Crippen MR) is 90.1 cm³/mol. The number of halogens is 1. The van der Waals surface area contributed by atoms with Crippen LogP contribution in [-0.4, -0.2) is 17.4 Å². The van der Waals surface area contributed by atoms with Crippen molar-refractivity contribution in [3.8, 4) is 0 Å². The first-order chi connectivity index (χ1) is 10.6. The van der Waals surface area contributed by atoms with Gasteiger partial charge in [0.25, 0.3) is 0 Å². The third-order valence-electron chi connectivity index (χ3n) is 4.29. The molecule has 0 aromatic heterocycles. The Morgan fingerprint density at radius 3 is 2.77 bits per heavy atom. The van der Waals surface area contributed by atoms with Crippen molar-refractivity contribution in [2.45, 2.75) is 19.4 Å². The summed E-state index contributed by atoms with van der Waals surface area (Å²) in [6, 6.07) is 14.3. The number of fused-ring (bicyclic) bond motifs is 1. The number of aryl methyl sites for hydroxylation is 1. The van der Waals surface area contributed by atoms with Crippen molar-refractivity contribution in [1.82, 2.24) is 4.90 Å². The van der Waals surface area contributed by atoms with E-state index in [1.165, 1.54) is 22.8 Å². The second kappa shape index (κ2) is 5.98. The van der Waals surface area contributed by atoms with Crippen LogP contribution in [0.15, 0.2) is 55.1 Å². The molecule has 1 aliphatic heterocycles. The number of nitrogens with zero attached hydrogens (tertiary/aromatic N) is 1. The molecule has 0 fully saturated rings. The fourth-order valence-electron chi connectivity index (χ4n) is 3.18. The van der Waals surface area contributed by atoms with Crippen molar-refractivity contribution in [3.63, 3.8) is 0 Å². The molecule has 1 atom stereocenters. The highest BCUT2D eigenvalue weighted by atomic mass is 35.5. The Kier molecular flexibility index (Phi) is 4.04. The number of benzene rings is 2. The Morgan fingerprint density at radius 2 is 2.05 bits per heavy atom. The molecule has 2 nitrogen and oxygen atoms in total. The van der Waals surface area contributed by atoms with Crippen molar-refractivity contribution < 1.29 is 4.79 Å². The minimum Gasteiger partial charge on any atom is -0.334 e. The molecule has 22 heavy (non-hydrogen) atoms. The molecule has 2 aromatic carbocycles. The van der Waals surface area contributed by atoms with Crippen molar-refractivity contribution >= 4 is 17.5 Å². The van der Waals surface area contributed by atoms with Gasteiger partial charge in [-0.2, -0.15) is 0 Å². The van der Waals surface area contributed by atoms with E-state index in [9.17, 15) is 4.79 Å². The fraction of sp³-hybridized carbons (Fsp3) is 0.211. The second-order valence-electron chi connectivity index (χ2n) is 5.68. The Balaban J connectivity index is 2.11. The molecule has 2 aromatic rings. The molecule has 0 unspecified atom stereocenters. The van der Waals surface area contributed by atoms with Gasteiger partial charge in [-0.1, -0.05) is 48.5 Å². The monoisotopic (exact) mass is 311 g/mol. The summed E-state index contributed by atoms with van der Waals surface area (Å²) < 4.78 is 0. The zero-order chi connectivity index (χ0) is 15.7. The van der Waals surface area contributed by atoms with Crippen molar-refractivity contribution in [1.29, 1.82) is 0 Å². The normalized spacial score (nSPS) is 17.0. The first-order valence-electron chi connectivity index (χ1n) is 7.35. The van der Waals surface area contributed by atoms with Gasteiger partial charge in [-0.3, -0.25) is 4.79 Å². The third-order valence-corrected chi connectivity index (χ3v) is 4.53. The van der Waals surface area contributed by atoms with Gasteiger partial charge in [-0.25, -0.2) is 0 Å². The maximum absolute atomic E-state index is 12.1.